The van der Waals surface area contributed by atoms with E-state index in [1.165, 1.54) is 0 Å². The van der Waals surface area contributed by atoms with Gasteiger partial charge in [-0.3, -0.25) is 9.59 Å². The molecule has 3 N–H and O–H groups in total. The summed E-state index contributed by atoms with van der Waals surface area (Å²) in [5, 5.41) is 14.6. The lowest BCUT2D eigenvalue weighted by atomic mass is 9.89. The van der Waals surface area contributed by atoms with Crippen molar-refractivity contribution < 1.29 is 23.5 Å². The van der Waals surface area contributed by atoms with Crippen molar-refractivity contribution in [1.82, 2.24) is 5.32 Å². The molecule has 0 fully saturated rings. The topological polar surface area (TPSA) is 78.4 Å². The first-order chi connectivity index (χ1) is 10.2. The number of hydrogen-bond donors (Lipinski definition) is 3. The number of carbonyl (C=O) groups excluding carboxylic acids is 2. The van der Waals surface area contributed by atoms with E-state index in [-0.39, 0.29) is 18.2 Å². The summed E-state index contributed by atoms with van der Waals surface area (Å²) in [6.07, 6.45) is 0.712. The van der Waals surface area contributed by atoms with Crippen LogP contribution in [0.2, 0.25) is 0 Å². The molecule has 2 atom stereocenters. The Morgan fingerprint density at radius 3 is 2.45 bits per heavy atom. The van der Waals surface area contributed by atoms with E-state index >= 15 is 0 Å². The van der Waals surface area contributed by atoms with Gasteiger partial charge < -0.3 is 15.7 Å². The van der Waals surface area contributed by atoms with Crippen molar-refractivity contribution in [1.29, 1.82) is 0 Å². The van der Waals surface area contributed by atoms with E-state index in [0.717, 1.165) is 18.2 Å². The first-order valence-electron chi connectivity index (χ1n) is 6.94. The molecular formula is C15H20F2N2O3. The molecule has 0 saturated heterocycles. The first-order valence-corrected chi connectivity index (χ1v) is 6.94. The van der Waals surface area contributed by atoms with Gasteiger partial charge in [-0.15, -0.1) is 0 Å². The van der Waals surface area contributed by atoms with Crippen molar-refractivity contribution in [2.24, 2.45) is 5.92 Å². The molecule has 7 heteroatoms. The molecule has 0 saturated carbocycles. The Morgan fingerprint density at radius 2 is 1.91 bits per heavy atom. The molecule has 0 aliphatic heterocycles. The monoisotopic (exact) mass is 314 g/mol. The second-order valence-corrected chi connectivity index (χ2v) is 5.43. The number of benzene rings is 1. The summed E-state index contributed by atoms with van der Waals surface area (Å²) in [5.74, 6) is -4.23. The second kappa shape index (κ2) is 7.31. The lowest BCUT2D eigenvalue weighted by molar-refractivity contribution is -0.137. The van der Waals surface area contributed by atoms with Gasteiger partial charge in [0, 0.05) is 18.3 Å². The fourth-order valence-corrected chi connectivity index (χ4v) is 1.72. The van der Waals surface area contributed by atoms with Gasteiger partial charge in [0.1, 0.15) is 0 Å². The molecule has 0 aromatic heterocycles. The SMILES string of the molecule is CC[C@@H](C)[C@@](C)(O)CNC(=O)C(=O)Nc1ccc(F)c(F)c1. The molecule has 1 rings (SSSR count). The highest BCUT2D eigenvalue weighted by Gasteiger charge is 2.28. The molecule has 2 amide bonds. The van der Waals surface area contributed by atoms with Crippen LogP contribution in [0.15, 0.2) is 18.2 Å². The van der Waals surface area contributed by atoms with Crippen molar-refractivity contribution in [3.05, 3.63) is 29.8 Å². The van der Waals surface area contributed by atoms with E-state index in [9.17, 15) is 23.5 Å². The van der Waals surface area contributed by atoms with Crippen molar-refractivity contribution in [2.75, 3.05) is 11.9 Å². The van der Waals surface area contributed by atoms with E-state index in [1.807, 2.05) is 13.8 Å². The third kappa shape index (κ3) is 4.77. The first kappa shape index (κ1) is 18.0. The number of anilines is 1. The number of rotatable bonds is 5. The Bertz CT molecular complexity index is 562. The van der Waals surface area contributed by atoms with Gasteiger partial charge in [-0.05, 0) is 25.0 Å². The van der Waals surface area contributed by atoms with Gasteiger partial charge in [-0.1, -0.05) is 20.3 Å². The minimum absolute atomic E-state index is 0.0345. The van der Waals surface area contributed by atoms with Crippen molar-refractivity contribution in [2.45, 2.75) is 32.8 Å². The van der Waals surface area contributed by atoms with Crippen molar-refractivity contribution in [3.63, 3.8) is 0 Å². The minimum atomic E-state index is -1.15. The molecule has 0 aliphatic rings. The fourth-order valence-electron chi connectivity index (χ4n) is 1.72. The van der Waals surface area contributed by atoms with Gasteiger partial charge in [0.05, 0.1) is 5.60 Å². The Hall–Kier alpha value is -2.02. The molecule has 0 radical (unpaired) electrons. The summed E-state index contributed by atoms with van der Waals surface area (Å²) in [7, 11) is 0. The number of nitrogens with one attached hydrogen (secondary N) is 2. The van der Waals surface area contributed by atoms with Gasteiger partial charge in [0.2, 0.25) is 0 Å². The Labute approximate surface area is 127 Å². The molecule has 1 aromatic carbocycles. The van der Waals surface area contributed by atoms with Gasteiger partial charge in [-0.25, -0.2) is 8.78 Å². The molecule has 5 nitrogen and oxygen atoms in total. The summed E-state index contributed by atoms with van der Waals surface area (Å²) >= 11 is 0. The van der Waals surface area contributed by atoms with E-state index in [1.54, 1.807) is 6.92 Å². The van der Waals surface area contributed by atoms with Gasteiger partial charge in [0.15, 0.2) is 11.6 Å². The van der Waals surface area contributed by atoms with Crippen LogP contribution in [-0.2, 0) is 9.59 Å². The van der Waals surface area contributed by atoms with Crippen LogP contribution >= 0.6 is 0 Å². The van der Waals surface area contributed by atoms with Crippen molar-refractivity contribution in [3.8, 4) is 0 Å². The van der Waals surface area contributed by atoms with Crippen LogP contribution < -0.4 is 10.6 Å². The fraction of sp³-hybridized carbons (Fsp3) is 0.467. The third-order valence-electron chi connectivity index (χ3n) is 3.66. The summed E-state index contributed by atoms with van der Waals surface area (Å²) < 4.78 is 25.8. The standard InChI is InChI=1S/C15H20F2N2O3/c1-4-9(2)15(3,22)8-18-13(20)14(21)19-10-5-6-11(16)12(17)7-10/h5-7,9,22H,4,8H2,1-3H3,(H,18,20)(H,19,21)/t9-,15+/m1/s1. The quantitative estimate of drug-likeness (QED) is 0.725. The molecule has 0 aliphatic carbocycles. The van der Waals surface area contributed by atoms with E-state index < -0.39 is 29.0 Å². The predicted molar refractivity (Wildman–Crippen MR) is 78.1 cm³/mol. The van der Waals surface area contributed by atoms with Crippen LogP contribution in [-0.4, -0.2) is 29.1 Å². The highest BCUT2D eigenvalue weighted by atomic mass is 19.2. The van der Waals surface area contributed by atoms with Crippen LogP contribution in [0.25, 0.3) is 0 Å². The lowest BCUT2D eigenvalue weighted by Gasteiger charge is -2.29. The summed E-state index contributed by atoms with van der Waals surface area (Å²) in [6.45, 7) is 5.20. The van der Waals surface area contributed by atoms with Crippen LogP contribution in [0.5, 0.6) is 0 Å². The Kier molecular flexibility index (Phi) is 5.99. The van der Waals surface area contributed by atoms with E-state index in [2.05, 4.69) is 10.6 Å². The molecular weight excluding hydrogens is 294 g/mol. The number of aliphatic hydroxyl groups is 1. The molecule has 0 spiro atoms. The van der Waals surface area contributed by atoms with Gasteiger partial charge >= 0.3 is 11.8 Å². The zero-order valence-electron chi connectivity index (χ0n) is 12.7. The average Bonchev–Trinajstić information content (AvgIpc) is 2.47. The molecule has 0 unspecified atom stereocenters. The van der Waals surface area contributed by atoms with Gasteiger partial charge in [-0.2, -0.15) is 0 Å². The average molecular weight is 314 g/mol. The summed E-state index contributed by atoms with van der Waals surface area (Å²) in [6, 6.07) is 2.76. The summed E-state index contributed by atoms with van der Waals surface area (Å²) in [5.41, 5.74) is -1.18. The Morgan fingerprint density at radius 1 is 1.27 bits per heavy atom. The third-order valence-corrected chi connectivity index (χ3v) is 3.66. The zero-order valence-corrected chi connectivity index (χ0v) is 12.7. The second-order valence-electron chi connectivity index (χ2n) is 5.43. The van der Waals surface area contributed by atoms with Crippen LogP contribution in [0.3, 0.4) is 0 Å². The molecule has 0 heterocycles. The minimum Gasteiger partial charge on any atom is -0.388 e. The molecule has 122 valence electrons. The smallest absolute Gasteiger partial charge is 0.313 e. The largest absolute Gasteiger partial charge is 0.388 e. The highest BCUT2D eigenvalue weighted by Crippen LogP contribution is 2.18. The summed E-state index contributed by atoms with van der Waals surface area (Å²) in [4.78, 5) is 23.3. The van der Waals surface area contributed by atoms with Gasteiger partial charge in [0.25, 0.3) is 0 Å². The number of carbonyl (C=O) groups is 2. The zero-order chi connectivity index (χ0) is 16.9. The number of amides is 2. The normalized spacial score (nSPS) is 14.8. The number of halogens is 2. The van der Waals surface area contributed by atoms with Crippen molar-refractivity contribution >= 4 is 17.5 Å². The maximum Gasteiger partial charge on any atom is 0.313 e. The lowest BCUT2D eigenvalue weighted by Crippen LogP contribution is -2.47. The molecule has 1 aromatic rings. The highest BCUT2D eigenvalue weighted by molar-refractivity contribution is 6.39. The number of hydrogen-bond acceptors (Lipinski definition) is 3. The van der Waals surface area contributed by atoms with Crippen LogP contribution in [0, 0.1) is 17.6 Å². The van der Waals surface area contributed by atoms with E-state index in [4.69, 9.17) is 0 Å². The van der Waals surface area contributed by atoms with E-state index in [0.29, 0.717) is 6.42 Å². The maximum atomic E-state index is 13.0. The Balaban J connectivity index is 2.59. The van der Waals surface area contributed by atoms with Crippen LogP contribution in [0.4, 0.5) is 14.5 Å². The molecule has 22 heavy (non-hydrogen) atoms. The molecule has 0 bridgehead atoms. The maximum absolute atomic E-state index is 13.0. The predicted octanol–water partition coefficient (Wildman–Crippen LogP) is 1.82. The van der Waals surface area contributed by atoms with Crippen LogP contribution in [0.1, 0.15) is 27.2 Å².